The second-order valence-corrected chi connectivity index (χ2v) is 2.71. The zero-order chi connectivity index (χ0) is 9.26. The van der Waals surface area contributed by atoms with E-state index in [1.54, 1.807) is 6.20 Å². The van der Waals surface area contributed by atoms with E-state index in [1.165, 1.54) is 0 Å². The van der Waals surface area contributed by atoms with Gasteiger partial charge in [0.15, 0.2) is 0 Å². The van der Waals surface area contributed by atoms with Gasteiger partial charge in [-0.05, 0) is 18.0 Å². The van der Waals surface area contributed by atoms with Crippen LogP contribution in [0, 0.1) is 0 Å². The van der Waals surface area contributed by atoms with Crippen molar-refractivity contribution < 1.29 is 1.37 Å². The lowest BCUT2D eigenvalue weighted by atomic mass is 10.1. The highest BCUT2D eigenvalue weighted by molar-refractivity contribution is 5.81. The molecule has 60 valence electrons. The van der Waals surface area contributed by atoms with Crippen LogP contribution in [-0.4, -0.2) is 4.98 Å². The number of rotatable bonds is 1. The third-order valence-electron chi connectivity index (χ3n) is 1.97. The maximum Gasteiger partial charge on any atom is 0.0733 e. The molecule has 1 unspecified atom stereocenters. The van der Waals surface area contributed by atoms with E-state index in [0.29, 0.717) is 0 Å². The van der Waals surface area contributed by atoms with Gasteiger partial charge < -0.3 is 0 Å². The Morgan fingerprint density at radius 1 is 1.33 bits per heavy atom. The number of pyridine rings is 1. The molecule has 0 radical (unpaired) electrons. The van der Waals surface area contributed by atoms with Crippen molar-refractivity contribution in [3.8, 4) is 0 Å². The summed E-state index contributed by atoms with van der Waals surface area (Å²) in [4.78, 5) is 4.28. The Morgan fingerprint density at radius 3 is 3.00 bits per heavy atom. The van der Waals surface area contributed by atoms with Gasteiger partial charge in [0.25, 0.3) is 0 Å². The monoisotopic (exact) mass is 158 g/mol. The van der Waals surface area contributed by atoms with Gasteiger partial charge in [0.1, 0.15) is 0 Å². The second-order valence-electron chi connectivity index (χ2n) is 2.71. The number of aromatic nitrogens is 1. The summed E-state index contributed by atoms with van der Waals surface area (Å²) < 4.78 is 7.66. The van der Waals surface area contributed by atoms with Crippen LogP contribution < -0.4 is 0 Å². The number of fused-ring (bicyclic) bond motifs is 1. The van der Waals surface area contributed by atoms with E-state index in [0.717, 1.165) is 16.5 Å². The fourth-order valence-electron chi connectivity index (χ4n) is 1.36. The summed E-state index contributed by atoms with van der Waals surface area (Å²) >= 11 is 0. The lowest BCUT2D eigenvalue weighted by Gasteiger charge is -2.00. The molecular formula is C11H11N. The molecule has 1 aromatic carbocycles. The highest BCUT2D eigenvalue weighted by Gasteiger charge is 1.97. The van der Waals surface area contributed by atoms with E-state index >= 15 is 0 Å². The second kappa shape index (κ2) is 2.94. The van der Waals surface area contributed by atoms with E-state index < -0.39 is 0 Å². The number of aryl methyl sites for hydroxylation is 1. The fourth-order valence-corrected chi connectivity index (χ4v) is 1.36. The van der Waals surface area contributed by atoms with Gasteiger partial charge in [-0.2, -0.15) is 0 Å². The average molecular weight is 158 g/mol. The molecule has 1 nitrogen and oxygen atoms in total. The van der Waals surface area contributed by atoms with Crippen LogP contribution in [0.1, 0.15) is 13.9 Å². The number of hydrogen-bond acceptors (Lipinski definition) is 1. The molecule has 0 fully saturated rings. The quantitative estimate of drug-likeness (QED) is 0.622. The van der Waals surface area contributed by atoms with Crippen LogP contribution in [0.25, 0.3) is 10.9 Å². The number of para-hydroxylation sites is 1. The molecule has 2 rings (SSSR count). The van der Waals surface area contributed by atoms with Gasteiger partial charge in [0, 0.05) is 13.0 Å². The van der Waals surface area contributed by atoms with Crippen molar-refractivity contribution in [2.75, 3.05) is 0 Å². The molecule has 0 saturated carbocycles. The topological polar surface area (TPSA) is 12.9 Å². The molecule has 0 aliphatic carbocycles. The molecule has 2 aromatic rings. The number of benzene rings is 1. The highest BCUT2D eigenvalue weighted by Crippen LogP contribution is 2.15. The van der Waals surface area contributed by atoms with Crippen molar-refractivity contribution in [2.45, 2.75) is 13.3 Å². The molecule has 12 heavy (non-hydrogen) atoms. The van der Waals surface area contributed by atoms with Gasteiger partial charge in [0.2, 0.25) is 0 Å². The molecular weight excluding hydrogens is 146 g/mol. The molecule has 0 spiro atoms. The Labute approximate surface area is 73.5 Å². The van der Waals surface area contributed by atoms with Crippen LogP contribution in [0.5, 0.6) is 0 Å². The van der Waals surface area contributed by atoms with Gasteiger partial charge in [-0.1, -0.05) is 31.2 Å². The average Bonchev–Trinajstić information content (AvgIpc) is 2.17. The Hall–Kier alpha value is -1.37. The van der Waals surface area contributed by atoms with Crippen molar-refractivity contribution in [1.29, 1.82) is 0 Å². The van der Waals surface area contributed by atoms with Gasteiger partial charge in [-0.3, -0.25) is 4.98 Å². The van der Waals surface area contributed by atoms with Crippen LogP contribution in [0.15, 0.2) is 36.5 Å². The first-order valence-corrected chi connectivity index (χ1v) is 4.05. The van der Waals surface area contributed by atoms with Crippen LogP contribution >= 0.6 is 0 Å². The molecule has 0 N–H and O–H groups in total. The van der Waals surface area contributed by atoms with E-state index in [4.69, 9.17) is 1.37 Å². The van der Waals surface area contributed by atoms with Gasteiger partial charge in [0.05, 0.1) is 5.52 Å². The molecule has 0 aliphatic rings. The van der Waals surface area contributed by atoms with Gasteiger partial charge >= 0.3 is 0 Å². The predicted octanol–water partition coefficient (Wildman–Crippen LogP) is 2.80. The molecule has 0 bridgehead atoms. The molecule has 1 heterocycles. The van der Waals surface area contributed by atoms with Crippen molar-refractivity contribution in [1.82, 2.24) is 4.98 Å². The SMILES string of the molecule is [2H]C(C)c1cccc2cccnc12. The van der Waals surface area contributed by atoms with Crippen molar-refractivity contribution in [2.24, 2.45) is 0 Å². The lowest BCUT2D eigenvalue weighted by Crippen LogP contribution is -1.85. The van der Waals surface area contributed by atoms with Crippen molar-refractivity contribution in [3.05, 3.63) is 42.1 Å². The van der Waals surface area contributed by atoms with Crippen LogP contribution in [0.3, 0.4) is 0 Å². The lowest BCUT2D eigenvalue weighted by molar-refractivity contribution is 1.14. The third kappa shape index (κ3) is 1.07. The summed E-state index contributed by atoms with van der Waals surface area (Å²) in [6.45, 7) is 1.86. The van der Waals surface area contributed by atoms with E-state index in [1.807, 2.05) is 37.3 Å². The summed E-state index contributed by atoms with van der Waals surface area (Å²) in [7, 11) is 0. The maximum absolute atomic E-state index is 7.66. The molecule has 1 heteroatoms. The Bertz CT molecular complexity index is 418. The summed E-state index contributed by atoms with van der Waals surface area (Å²) in [6.07, 6.45) is 1.56. The standard InChI is InChI=1S/C11H11N/c1-2-9-5-3-6-10-7-4-8-12-11(9)10/h3-8H,2H2,1H3/i2D. The van der Waals surface area contributed by atoms with Crippen molar-refractivity contribution in [3.63, 3.8) is 0 Å². The van der Waals surface area contributed by atoms with E-state index in [2.05, 4.69) is 4.98 Å². The summed E-state index contributed by atoms with van der Waals surface area (Å²) in [6, 6.07) is 9.90. The van der Waals surface area contributed by atoms with Crippen LogP contribution in [0.4, 0.5) is 0 Å². The fraction of sp³-hybridized carbons (Fsp3) is 0.182. The van der Waals surface area contributed by atoms with E-state index in [9.17, 15) is 0 Å². The highest BCUT2D eigenvalue weighted by atomic mass is 14.6. The summed E-state index contributed by atoms with van der Waals surface area (Å²) in [5.41, 5.74) is 1.95. The van der Waals surface area contributed by atoms with Gasteiger partial charge in [-0.25, -0.2) is 0 Å². The number of hydrogen-bond donors (Lipinski definition) is 0. The molecule has 0 aliphatic heterocycles. The Kier molecular flexibility index (Phi) is 1.51. The summed E-state index contributed by atoms with van der Waals surface area (Å²) in [5, 5.41) is 1.11. The Balaban J connectivity index is 2.76. The molecule has 1 atom stereocenters. The molecule has 1 aromatic heterocycles. The first kappa shape index (κ1) is 6.18. The van der Waals surface area contributed by atoms with Crippen LogP contribution in [0.2, 0.25) is 0 Å². The summed E-state index contributed by atoms with van der Waals surface area (Å²) in [5.74, 6) is 0. The first-order valence-electron chi connectivity index (χ1n) is 4.62. The third-order valence-corrected chi connectivity index (χ3v) is 1.97. The minimum Gasteiger partial charge on any atom is -0.256 e. The first-order chi connectivity index (χ1) is 6.29. The molecule has 0 amide bonds. The zero-order valence-corrected chi connectivity index (χ0v) is 6.99. The largest absolute Gasteiger partial charge is 0.256 e. The smallest absolute Gasteiger partial charge is 0.0733 e. The van der Waals surface area contributed by atoms with Crippen LogP contribution in [-0.2, 0) is 6.40 Å². The minimum atomic E-state index is -0.210. The maximum atomic E-state index is 7.66. The predicted molar refractivity (Wildman–Crippen MR) is 51.1 cm³/mol. The van der Waals surface area contributed by atoms with Gasteiger partial charge in [-0.15, -0.1) is 0 Å². The van der Waals surface area contributed by atoms with Crippen molar-refractivity contribution >= 4 is 10.9 Å². The Morgan fingerprint density at radius 2 is 2.17 bits per heavy atom. The number of nitrogens with zero attached hydrogens (tertiary/aromatic N) is 1. The minimum absolute atomic E-state index is 0.210. The van der Waals surface area contributed by atoms with E-state index in [-0.39, 0.29) is 6.40 Å². The normalized spacial score (nSPS) is 14.2. The molecule has 0 saturated heterocycles. The zero-order valence-electron chi connectivity index (χ0n) is 7.99.